The minimum atomic E-state index is -2.75. The highest BCUT2D eigenvalue weighted by Gasteiger charge is 2.40. The zero-order chi connectivity index (χ0) is 19.2. The van der Waals surface area contributed by atoms with Gasteiger partial charge in [0.05, 0.1) is 6.04 Å². The van der Waals surface area contributed by atoms with Crippen LogP contribution in [0.15, 0.2) is 65.0 Å². The minimum Gasteiger partial charge on any atom is -0.398 e. The van der Waals surface area contributed by atoms with Crippen LogP contribution in [0.5, 0.6) is 0 Å². The highest BCUT2D eigenvalue weighted by atomic mass is 32.2. The normalized spacial score (nSPS) is 21.4. The third kappa shape index (κ3) is 2.73. The first-order chi connectivity index (χ1) is 12.9. The van der Waals surface area contributed by atoms with Crippen LogP contribution in [0, 0.1) is 0 Å². The molecular weight excluding hydrogens is 360 g/mol. The van der Waals surface area contributed by atoms with Gasteiger partial charge in [-0.15, -0.1) is 4.36 Å². The second kappa shape index (κ2) is 6.31. The number of hydrogen-bond donors (Lipinski definition) is 3. The molecule has 6 N–H and O–H groups in total. The standard InChI is InChI=1S/C20H18N4O2S/c21-16-10-9-12-5-1-3-7-14(12)18(16)19-15-8-4-2-6-13(15)11-17(22)20(19,23)24-27(25)26/h1-11,17H,21-23H2/t17?,20-/m1/s1. The summed E-state index contributed by atoms with van der Waals surface area (Å²) in [4.78, 5) is 0. The topological polar surface area (TPSA) is 125 Å². The molecule has 0 bridgehead atoms. The molecule has 3 aromatic carbocycles. The Bertz CT molecular complexity index is 1320. The number of nitrogens with zero attached hydrogens (tertiary/aromatic N) is 1. The molecule has 0 heterocycles. The number of rotatable bonds is 2. The van der Waals surface area contributed by atoms with Crippen LogP contribution >= 0.6 is 0 Å². The lowest BCUT2D eigenvalue weighted by molar-refractivity contribution is 0.520. The van der Waals surface area contributed by atoms with E-state index in [4.69, 9.17) is 17.2 Å². The van der Waals surface area contributed by atoms with Crippen molar-refractivity contribution in [1.82, 2.24) is 0 Å². The maximum absolute atomic E-state index is 11.5. The number of fused-ring (bicyclic) bond motifs is 2. The van der Waals surface area contributed by atoms with Crippen molar-refractivity contribution in [3.05, 3.63) is 76.7 Å². The van der Waals surface area contributed by atoms with E-state index in [0.29, 0.717) is 16.8 Å². The molecule has 1 aliphatic rings. The number of hydrogen-bond acceptors (Lipinski definition) is 6. The molecule has 7 heteroatoms. The van der Waals surface area contributed by atoms with Crippen LogP contribution in [-0.4, -0.2) is 20.1 Å². The molecule has 2 atom stereocenters. The van der Waals surface area contributed by atoms with Gasteiger partial charge in [0.15, 0.2) is 5.66 Å². The molecule has 0 radical (unpaired) electrons. The first kappa shape index (κ1) is 17.4. The zero-order valence-electron chi connectivity index (χ0n) is 14.3. The van der Waals surface area contributed by atoms with Gasteiger partial charge in [-0.2, -0.15) is 8.42 Å². The molecule has 1 unspecified atom stereocenters. The van der Waals surface area contributed by atoms with Crippen molar-refractivity contribution in [3.8, 4) is 0 Å². The quantitative estimate of drug-likeness (QED) is 0.559. The van der Waals surface area contributed by atoms with Gasteiger partial charge in [-0.05, 0) is 27.3 Å². The molecule has 0 amide bonds. The predicted molar refractivity (Wildman–Crippen MR) is 107 cm³/mol. The highest BCUT2D eigenvalue weighted by Crippen LogP contribution is 2.36. The van der Waals surface area contributed by atoms with Gasteiger partial charge in [-0.3, -0.25) is 0 Å². The Balaban J connectivity index is 2.28. The first-order valence-electron chi connectivity index (χ1n) is 8.38. The van der Waals surface area contributed by atoms with Crippen LogP contribution in [0.25, 0.3) is 22.4 Å². The van der Waals surface area contributed by atoms with Crippen molar-refractivity contribution in [1.29, 1.82) is 0 Å². The van der Waals surface area contributed by atoms with E-state index in [0.717, 1.165) is 21.2 Å². The largest absolute Gasteiger partial charge is 0.398 e. The van der Waals surface area contributed by atoms with E-state index in [-0.39, 0.29) is 0 Å². The van der Waals surface area contributed by atoms with E-state index in [1.54, 1.807) is 12.1 Å². The summed E-state index contributed by atoms with van der Waals surface area (Å²) in [5, 5.41) is 3.44. The summed E-state index contributed by atoms with van der Waals surface area (Å²) in [5.41, 5.74) is 19.2. The lowest BCUT2D eigenvalue weighted by Crippen LogP contribution is -2.60. The molecule has 0 aromatic heterocycles. The molecule has 1 aliphatic carbocycles. The second-order valence-electron chi connectivity index (χ2n) is 6.54. The van der Waals surface area contributed by atoms with E-state index < -0.39 is 22.2 Å². The van der Waals surface area contributed by atoms with E-state index in [1.807, 2.05) is 54.6 Å². The van der Waals surface area contributed by atoms with E-state index in [2.05, 4.69) is 4.36 Å². The van der Waals surface area contributed by atoms with Gasteiger partial charge in [0, 0.05) is 16.8 Å². The Morgan fingerprint density at radius 3 is 2.44 bits per heavy atom. The Labute approximate surface area is 157 Å². The number of anilines is 1. The Morgan fingerprint density at radius 2 is 1.67 bits per heavy atom. The molecule has 0 fully saturated rings. The predicted octanol–water partition coefficient (Wildman–Crippen LogP) is 0.460. The molecule has 27 heavy (non-hydrogen) atoms. The SMILES string of the molecule is Nc1ccc2ccccc2c1C1=c2ccccc2=CC(N)[C@@]1(N)N=S(=O)=O. The summed E-state index contributed by atoms with van der Waals surface area (Å²) in [6.45, 7) is 0. The van der Waals surface area contributed by atoms with Crippen LogP contribution in [0.2, 0.25) is 0 Å². The van der Waals surface area contributed by atoms with Crippen LogP contribution in [0.1, 0.15) is 5.56 Å². The lowest BCUT2D eigenvalue weighted by Gasteiger charge is -2.34. The molecule has 6 nitrogen and oxygen atoms in total. The van der Waals surface area contributed by atoms with Gasteiger partial charge in [0.1, 0.15) is 0 Å². The van der Waals surface area contributed by atoms with Crippen LogP contribution in [0.3, 0.4) is 0 Å². The maximum Gasteiger partial charge on any atom is 0.313 e. The lowest BCUT2D eigenvalue weighted by atomic mass is 9.80. The molecule has 0 spiro atoms. The van der Waals surface area contributed by atoms with Crippen LogP contribution in [-0.2, 0) is 10.5 Å². The smallest absolute Gasteiger partial charge is 0.313 e. The van der Waals surface area contributed by atoms with Gasteiger partial charge in [-0.25, -0.2) is 0 Å². The number of nitrogens with two attached hydrogens (primary N) is 3. The van der Waals surface area contributed by atoms with Gasteiger partial charge < -0.3 is 17.2 Å². The highest BCUT2D eigenvalue weighted by molar-refractivity contribution is 7.61. The average molecular weight is 378 g/mol. The first-order valence-corrected chi connectivity index (χ1v) is 9.41. The Morgan fingerprint density at radius 1 is 0.963 bits per heavy atom. The maximum atomic E-state index is 11.5. The van der Waals surface area contributed by atoms with Crippen molar-refractivity contribution < 1.29 is 8.42 Å². The summed E-state index contributed by atoms with van der Waals surface area (Å²) in [5.74, 6) is 0. The summed E-state index contributed by atoms with van der Waals surface area (Å²) in [6, 6.07) is 18.1. The van der Waals surface area contributed by atoms with Crippen molar-refractivity contribution in [2.24, 2.45) is 15.8 Å². The van der Waals surface area contributed by atoms with Gasteiger partial charge in [0.2, 0.25) is 0 Å². The second-order valence-corrected chi connectivity index (χ2v) is 7.16. The van der Waals surface area contributed by atoms with Crippen molar-refractivity contribution in [2.45, 2.75) is 11.7 Å². The number of nitrogen functional groups attached to an aromatic ring is 1. The van der Waals surface area contributed by atoms with Gasteiger partial charge >= 0.3 is 10.5 Å². The fourth-order valence-electron chi connectivity index (χ4n) is 3.71. The summed E-state index contributed by atoms with van der Waals surface area (Å²) in [6.07, 6.45) is 1.73. The van der Waals surface area contributed by atoms with Crippen molar-refractivity contribution in [2.75, 3.05) is 5.73 Å². The zero-order valence-corrected chi connectivity index (χ0v) is 15.1. The van der Waals surface area contributed by atoms with E-state index >= 15 is 0 Å². The number of benzene rings is 3. The van der Waals surface area contributed by atoms with Crippen molar-refractivity contribution in [3.63, 3.8) is 0 Å². The summed E-state index contributed by atoms with van der Waals surface area (Å²) in [7, 11) is -2.75. The van der Waals surface area contributed by atoms with E-state index in [9.17, 15) is 8.42 Å². The van der Waals surface area contributed by atoms with Crippen molar-refractivity contribution >= 4 is 38.6 Å². The molecule has 3 aromatic rings. The van der Waals surface area contributed by atoms with Gasteiger partial charge in [0.25, 0.3) is 0 Å². The van der Waals surface area contributed by atoms with Crippen LogP contribution in [0.4, 0.5) is 5.69 Å². The molecule has 4 rings (SSSR count). The molecule has 0 saturated heterocycles. The minimum absolute atomic E-state index is 0.481. The fourth-order valence-corrected chi connectivity index (χ4v) is 4.16. The van der Waals surface area contributed by atoms with Crippen LogP contribution < -0.4 is 27.6 Å². The van der Waals surface area contributed by atoms with E-state index in [1.165, 1.54) is 0 Å². The molecular formula is C20H18N4O2S. The molecule has 0 aliphatic heterocycles. The molecule has 0 saturated carbocycles. The molecule has 136 valence electrons. The third-order valence-corrected chi connectivity index (χ3v) is 5.39. The average Bonchev–Trinajstić information content (AvgIpc) is 2.63. The third-order valence-electron chi connectivity index (χ3n) is 4.93. The monoisotopic (exact) mass is 378 g/mol. The fraction of sp³-hybridized carbons (Fsp3) is 0.100. The summed E-state index contributed by atoms with van der Waals surface area (Å²) >= 11 is 0. The Kier molecular flexibility index (Phi) is 4.07. The Hall–Kier alpha value is -3.00. The summed E-state index contributed by atoms with van der Waals surface area (Å²) < 4.78 is 26.8. The van der Waals surface area contributed by atoms with Gasteiger partial charge in [-0.1, -0.05) is 60.7 Å².